The van der Waals surface area contributed by atoms with E-state index >= 15 is 0 Å². The molecule has 0 rings (SSSR count). The third kappa shape index (κ3) is 19.0. The largest absolute Gasteiger partial charge is 0.187 e. The molecular weight excluding hydrogens is 384 g/mol. The van der Waals surface area contributed by atoms with Crippen LogP contribution >= 0.6 is 17.0 Å². The second kappa shape index (κ2) is 27.1. The monoisotopic (exact) mass is 389 g/mol. The molecule has 0 saturated carbocycles. The molecule has 0 atom stereocenters. The van der Waals surface area contributed by atoms with Crippen LogP contribution in [0.5, 0.6) is 0 Å². The van der Waals surface area contributed by atoms with Crippen LogP contribution in [0.3, 0.4) is 0 Å². The van der Waals surface area contributed by atoms with Crippen LogP contribution in [0.2, 0.25) is 0 Å². The van der Waals surface area contributed by atoms with E-state index in [0.717, 1.165) is 0 Å². The van der Waals surface area contributed by atoms with Crippen molar-refractivity contribution < 1.29 is 66.1 Å². The van der Waals surface area contributed by atoms with E-state index in [1.807, 2.05) is 0 Å². The normalized spacial score (nSPS) is 0. The Kier molecular flexibility index (Phi) is 226. The zero-order valence-electron chi connectivity index (χ0n) is 1.86. The fourth-order valence-electron chi connectivity index (χ4n) is 0. The van der Waals surface area contributed by atoms with Crippen molar-refractivity contribution in [3.63, 3.8) is 0 Å². The number of halogens is 1. The van der Waals surface area contributed by atoms with Gasteiger partial charge in [-0.25, -0.2) is 0 Å². The Labute approximate surface area is 98.7 Å². The maximum Gasteiger partial charge on any atom is 0.187 e. The Hall–Kier alpha value is 3.18. The van der Waals surface area contributed by atoms with Crippen LogP contribution in [-0.2, 0) is 66.1 Å². The molecule has 0 aliphatic heterocycles. The first kappa shape index (κ1) is 41.7. The Bertz CT molecular complexity index is 11.6. The molecule has 0 aromatic rings. The average Bonchev–Trinajstić information content (AvgIpc) is 0. The molecule has 0 N–H and O–H groups in total. The minimum absolute atomic E-state index is 0. The molecule has 5 heteroatoms. The number of rotatable bonds is 0. The third-order valence-electron chi connectivity index (χ3n) is 0. The van der Waals surface area contributed by atoms with Gasteiger partial charge in [-0.05, 0) is 0 Å². The van der Waals surface area contributed by atoms with Gasteiger partial charge >= 0.3 is 0 Å². The van der Waals surface area contributed by atoms with Crippen molar-refractivity contribution in [3.05, 3.63) is 0 Å². The zero-order chi connectivity index (χ0) is 0. The van der Waals surface area contributed by atoms with Crippen molar-refractivity contribution in [2.24, 2.45) is 0 Å². The molecule has 0 bridgehead atoms. The molecule has 0 fully saturated rings. The molecule has 1 radical (unpaired) electrons. The predicted molar refractivity (Wildman–Crippen MR) is 20.3 cm³/mol. The van der Waals surface area contributed by atoms with Gasteiger partial charge in [0.05, 0.1) is 0 Å². The van der Waals surface area contributed by atoms with Crippen molar-refractivity contribution in [3.8, 4) is 0 Å². The molecule has 27 valence electrons. The van der Waals surface area contributed by atoms with E-state index in [1.54, 1.807) is 0 Å². The van der Waals surface area contributed by atoms with Crippen LogP contribution in [-0.4, -0.2) is 17.4 Å². The molecule has 0 aromatic heterocycles. The van der Waals surface area contributed by atoms with E-state index in [0.29, 0.717) is 0 Å². The molecule has 0 heterocycles. The van der Waals surface area contributed by atoms with Crippen LogP contribution in [0, 0.1) is 0 Å². The maximum absolute atomic E-state index is 0. The fourth-order valence-corrected chi connectivity index (χ4v) is 0. The van der Waals surface area contributed by atoms with Crippen LogP contribution in [0.4, 0.5) is 0 Å². The van der Waals surface area contributed by atoms with Gasteiger partial charge in [0.2, 0.25) is 0 Å². The molecule has 0 nitrogen and oxygen atoms in total. The summed E-state index contributed by atoms with van der Waals surface area (Å²) in [5.74, 6) is 0. The molecule has 0 saturated heterocycles. The van der Waals surface area contributed by atoms with Crippen molar-refractivity contribution in [1.29, 1.82) is 0 Å². The minimum Gasteiger partial charge on any atom is -0.114 e. The van der Waals surface area contributed by atoms with Gasteiger partial charge in [-0.3, -0.25) is 0 Å². The van der Waals surface area contributed by atoms with Crippen LogP contribution in [0.25, 0.3) is 0 Å². The van der Waals surface area contributed by atoms with Gasteiger partial charge in [-0.1, -0.05) is 0 Å². The summed E-state index contributed by atoms with van der Waals surface area (Å²) in [6, 6.07) is 0. The minimum atomic E-state index is 0. The summed E-state index contributed by atoms with van der Waals surface area (Å²) in [7, 11) is 0. The first-order chi connectivity index (χ1) is 0. The second-order valence-electron chi connectivity index (χ2n) is 0. The molecule has 0 aliphatic carbocycles. The first-order valence-corrected chi connectivity index (χ1v) is 0. The summed E-state index contributed by atoms with van der Waals surface area (Å²) < 4.78 is 0. The van der Waals surface area contributed by atoms with E-state index in [9.17, 15) is 0 Å². The summed E-state index contributed by atoms with van der Waals surface area (Å²) in [6.45, 7) is 0. The van der Waals surface area contributed by atoms with Crippen LogP contribution in [0.1, 0.15) is 0 Å². The van der Waals surface area contributed by atoms with E-state index in [-0.39, 0.29) is 100 Å². The summed E-state index contributed by atoms with van der Waals surface area (Å²) in [6.07, 6.45) is 0. The Morgan fingerprint density at radius 3 is 1.00 bits per heavy atom. The van der Waals surface area contributed by atoms with Gasteiger partial charge in [-0.15, -0.1) is 17.0 Å². The molecular formula is H4AlBrHfTiV. The van der Waals surface area contributed by atoms with E-state index < -0.39 is 0 Å². The van der Waals surface area contributed by atoms with Crippen molar-refractivity contribution in [2.75, 3.05) is 0 Å². The third-order valence-corrected chi connectivity index (χ3v) is 0. The van der Waals surface area contributed by atoms with Gasteiger partial charge in [0, 0.05) is 66.1 Å². The first-order valence-electron chi connectivity index (χ1n) is 0. The Morgan fingerprint density at radius 1 is 1.00 bits per heavy atom. The van der Waals surface area contributed by atoms with Crippen LogP contribution < -0.4 is 0 Å². The van der Waals surface area contributed by atoms with Crippen LogP contribution in [0.15, 0.2) is 0 Å². The number of hydrogen-bond acceptors (Lipinski definition) is 0. The average molecular weight is 388 g/mol. The standard InChI is InChI=1S/Al.BrH.Hf.Ti.V.3H/h;1H;;;;;;. The quantitative estimate of drug-likeness (QED) is 0.486. The summed E-state index contributed by atoms with van der Waals surface area (Å²) in [5, 5.41) is 0. The molecule has 0 aromatic carbocycles. The molecule has 0 aliphatic rings. The Balaban J connectivity index is 0. The van der Waals surface area contributed by atoms with Gasteiger partial charge in [-0.2, -0.15) is 0 Å². The van der Waals surface area contributed by atoms with Crippen molar-refractivity contribution >= 4 is 34.3 Å². The second-order valence-corrected chi connectivity index (χ2v) is 0. The topological polar surface area (TPSA) is 0 Å². The van der Waals surface area contributed by atoms with Crippen molar-refractivity contribution in [2.45, 2.75) is 0 Å². The number of hydrogen-bond donors (Lipinski definition) is 0. The smallest absolute Gasteiger partial charge is 0.114 e. The summed E-state index contributed by atoms with van der Waals surface area (Å²) >= 11 is 0. The zero-order valence-corrected chi connectivity index (χ0v) is 10.1. The summed E-state index contributed by atoms with van der Waals surface area (Å²) in [5.41, 5.74) is 0. The van der Waals surface area contributed by atoms with Gasteiger partial charge < -0.3 is 0 Å². The van der Waals surface area contributed by atoms with Gasteiger partial charge in [0.25, 0.3) is 0 Å². The van der Waals surface area contributed by atoms with Crippen molar-refractivity contribution in [1.82, 2.24) is 0 Å². The summed E-state index contributed by atoms with van der Waals surface area (Å²) in [4.78, 5) is 0. The van der Waals surface area contributed by atoms with Gasteiger partial charge in [0.1, 0.15) is 0 Å². The molecule has 0 spiro atoms. The SMILES string of the molecule is Br.[AlH3].[Hf].[Ti].[V]. The predicted octanol–water partition coefficient (Wildman–Crippen LogP) is -0.613. The molecule has 5 heavy (non-hydrogen) atoms. The maximum atomic E-state index is 0. The fraction of sp³-hybridized carbons (Fsp3) is 0. The van der Waals surface area contributed by atoms with Gasteiger partial charge in [0.15, 0.2) is 17.4 Å². The molecule has 0 amide bonds. The Morgan fingerprint density at radius 2 is 1.00 bits per heavy atom. The van der Waals surface area contributed by atoms with E-state index in [2.05, 4.69) is 0 Å². The molecule has 0 unspecified atom stereocenters. The van der Waals surface area contributed by atoms with E-state index in [4.69, 9.17) is 0 Å². The van der Waals surface area contributed by atoms with E-state index in [1.165, 1.54) is 0 Å².